The van der Waals surface area contributed by atoms with E-state index < -0.39 is 0 Å². The van der Waals surface area contributed by atoms with Gasteiger partial charge in [-0.2, -0.15) is 0 Å². The number of H-pyrrole nitrogens is 1. The zero-order chi connectivity index (χ0) is 16.1. The first-order chi connectivity index (χ1) is 11.8. The van der Waals surface area contributed by atoms with Gasteiger partial charge in [0, 0.05) is 24.8 Å². The molecular formula is C18H17N4O2+. The van der Waals surface area contributed by atoms with Crippen LogP contribution < -0.4 is 14.3 Å². The van der Waals surface area contributed by atoms with Crippen molar-refractivity contribution in [2.24, 2.45) is 0 Å². The lowest BCUT2D eigenvalue weighted by molar-refractivity contribution is 0.0646. The van der Waals surface area contributed by atoms with Gasteiger partial charge in [0.2, 0.25) is 0 Å². The molecule has 120 valence electrons. The number of carbonyl (C=O) groups is 1. The van der Waals surface area contributed by atoms with Gasteiger partial charge in [-0.1, -0.05) is 4.67 Å². The van der Waals surface area contributed by atoms with Gasteiger partial charge >= 0.3 is 6.21 Å². The number of fused-ring (bicyclic) bond motifs is 2. The number of aromatic amines is 1. The highest BCUT2D eigenvalue weighted by molar-refractivity contribution is 6.01. The molecule has 3 aliphatic heterocycles. The second-order valence-electron chi connectivity index (χ2n) is 6.26. The van der Waals surface area contributed by atoms with E-state index in [-0.39, 0.29) is 5.91 Å². The third-order valence-electron chi connectivity index (χ3n) is 4.79. The van der Waals surface area contributed by atoms with Crippen molar-refractivity contribution in [3.63, 3.8) is 0 Å². The minimum Gasteiger partial charge on any atom is -0.488 e. The molecule has 0 radical (unpaired) electrons. The molecule has 4 heterocycles. The monoisotopic (exact) mass is 321 g/mol. The molecule has 2 aromatic rings. The molecule has 0 aliphatic carbocycles. The Morgan fingerprint density at radius 2 is 2.00 bits per heavy atom. The number of aromatic nitrogens is 1. The van der Waals surface area contributed by atoms with Crippen LogP contribution in [-0.2, 0) is 0 Å². The molecule has 24 heavy (non-hydrogen) atoms. The maximum Gasteiger partial charge on any atom is 0.300 e. The van der Waals surface area contributed by atoms with Crippen molar-refractivity contribution in [3.8, 4) is 5.75 Å². The molecule has 1 aromatic heterocycles. The Morgan fingerprint density at radius 3 is 2.83 bits per heavy atom. The van der Waals surface area contributed by atoms with Crippen LogP contribution in [0.15, 0.2) is 24.3 Å². The van der Waals surface area contributed by atoms with Crippen molar-refractivity contribution in [2.75, 3.05) is 31.1 Å². The lowest BCUT2D eigenvalue weighted by atomic mass is 10.1. The van der Waals surface area contributed by atoms with Gasteiger partial charge in [-0.25, -0.2) is 0 Å². The number of ether oxygens (including phenoxy) is 1. The normalized spacial score (nSPS) is 17.3. The van der Waals surface area contributed by atoms with Crippen LogP contribution in [-0.4, -0.2) is 54.5 Å². The molecule has 1 aromatic carbocycles. The smallest absolute Gasteiger partial charge is 0.300 e. The maximum atomic E-state index is 12.4. The molecule has 1 saturated heterocycles. The Labute approximate surface area is 139 Å². The molecule has 0 spiro atoms. The molecule has 3 aliphatic rings. The summed E-state index contributed by atoms with van der Waals surface area (Å²) in [5.74, 6) is 1.64. The molecule has 0 atom stereocenters. The number of carbonyl (C=O) groups excluding carboxylic acids is 1. The topological polar surface area (TPSA) is 62.7 Å². The highest BCUT2D eigenvalue weighted by Gasteiger charge is 2.28. The quantitative estimate of drug-likeness (QED) is 0.724. The second-order valence-corrected chi connectivity index (χ2v) is 6.26. The highest BCUT2D eigenvalue weighted by Crippen LogP contribution is 2.37. The van der Waals surface area contributed by atoms with Crippen molar-refractivity contribution in [1.29, 1.82) is 0 Å². The predicted octanol–water partition coefficient (Wildman–Crippen LogP) is 1.31. The predicted molar refractivity (Wildman–Crippen MR) is 92.7 cm³/mol. The molecular weight excluding hydrogens is 304 g/mol. The molecule has 6 heteroatoms. The third-order valence-corrected chi connectivity index (χ3v) is 4.79. The number of hydrogen-bond acceptors (Lipinski definition) is 3. The van der Waals surface area contributed by atoms with E-state index in [1.807, 2.05) is 23.4 Å². The molecule has 6 nitrogen and oxygen atoms in total. The summed E-state index contributed by atoms with van der Waals surface area (Å²) in [4.78, 5) is 19.7. The Hall–Kier alpha value is -2.98. The minimum atomic E-state index is 0.0508. The summed E-state index contributed by atoms with van der Waals surface area (Å²) in [6, 6.07) is 8.10. The zero-order valence-electron chi connectivity index (χ0n) is 13.2. The van der Waals surface area contributed by atoms with Crippen LogP contribution in [0.1, 0.15) is 28.0 Å². The number of benzene rings is 1. The van der Waals surface area contributed by atoms with Gasteiger partial charge in [-0.15, -0.1) is 0 Å². The van der Waals surface area contributed by atoms with Crippen LogP contribution in [0.2, 0.25) is 0 Å². The van der Waals surface area contributed by atoms with Crippen molar-refractivity contribution in [1.82, 2.24) is 14.6 Å². The van der Waals surface area contributed by atoms with Crippen molar-refractivity contribution in [2.45, 2.75) is 6.42 Å². The number of nitrogens with one attached hydrogen (secondary N) is 1. The summed E-state index contributed by atoms with van der Waals surface area (Å²) in [5, 5.41) is 0. The summed E-state index contributed by atoms with van der Waals surface area (Å²) < 4.78 is 9.95. The van der Waals surface area contributed by atoms with Gasteiger partial charge in [0.1, 0.15) is 12.3 Å². The Bertz CT molecular complexity index is 904. The van der Waals surface area contributed by atoms with E-state index in [2.05, 4.69) is 32.8 Å². The molecule has 0 bridgehead atoms. The van der Waals surface area contributed by atoms with Gasteiger partial charge in [-0.3, -0.25) is 4.79 Å². The molecule has 0 saturated carbocycles. The highest BCUT2D eigenvalue weighted by atomic mass is 16.5. The molecule has 5 rings (SSSR count). The molecule has 1 fully saturated rings. The first kappa shape index (κ1) is 13.5. The number of anilines is 2. The molecule has 1 N–H and O–H groups in total. The van der Waals surface area contributed by atoms with Gasteiger partial charge in [0.25, 0.3) is 12.1 Å². The summed E-state index contributed by atoms with van der Waals surface area (Å²) in [6.07, 6.45) is 4.82. The number of hydrogen-bond donors (Lipinski definition) is 1. The van der Waals surface area contributed by atoms with E-state index in [4.69, 9.17) is 4.74 Å². The lowest BCUT2D eigenvalue weighted by Gasteiger charge is -2.30. The Balaban J connectivity index is 1.51. The Kier molecular flexibility index (Phi) is 2.81. The number of nitrogens with zero attached hydrogens (tertiary/aromatic N) is 3. The van der Waals surface area contributed by atoms with Crippen LogP contribution in [0.25, 0.3) is 0 Å². The van der Waals surface area contributed by atoms with Gasteiger partial charge in [-0.05, 0) is 24.6 Å². The van der Waals surface area contributed by atoms with Crippen LogP contribution in [0.5, 0.6) is 5.75 Å². The lowest BCUT2D eigenvalue weighted by Crippen LogP contribution is -2.42. The fourth-order valence-electron chi connectivity index (χ4n) is 3.31. The number of likely N-dealkylation sites (tertiary alicyclic amines) is 1. The largest absolute Gasteiger partial charge is 0.488 e. The van der Waals surface area contributed by atoms with Crippen molar-refractivity contribution in [3.05, 3.63) is 41.1 Å². The fourth-order valence-corrected chi connectivity index (χ4v) is 3.31. The third kappa shape index (κ3) is 1.97. The summed E-state index contributed by atoms with van der Waals surface area (Å²) in [5.41, 5.74) is 3.92. The van der Waals surface area contributed by atoms with Crippen molar-refractivity contribution >= 4 is 29.8 Å². The maximum absolute atomic E-state index is 12.4. The minimum absolute atomic E-state index is 0.0508. The number of rotatable bonds is 2. The van der Waals surface area contributed by atoms with Crippen LogP contribution >= 0.6 is 0 Å². The number of amides is 1. The molecule has 1 amide bonds. The molecule has 0 unspecified atom stereocenters. The second kappa shape index (κ2) is 5.01. The van der Waals surface area contributed by atoms with Gasteiger partial charge < -0.3 is 19.5 Å². The van der Waals surface area contributed by atoms with Crippen LogP contribution in [0, 0.1) is 0 Å². The van der Waals surface area contributed by atoms with E-state index in [1.54, 1.807) is 0 Å². The average Bonchev–Trinajstić information content (AvgIpc) is 3.18. The summed E-state index contributed by atoms with van der Waals surface area (Å²) in [7, 11) is 0. The summed E-state index contributed by atoms with van der Waals surface area (Å²) in [6.45, 7) is 3.02. The summed E-state index contributed by atoms with van der Waals surface area (Å²) >= 11 is 0. The van der Waals surface area contributed by atoms with E-state index >= 15 is 0 Å². The van der Waals surface area contributed by atoms with E-state index in [0.717, 1.165) is 54.4 Å². The van der Waals surface area contributed by atoms with E-state index in [9.17, 15) is 4.79 Å². The van der Waals surface area contributed by atoms with E-state index in [0.29, 0.717) is 12.3 Å². The van der Waals surface area contributed by atoms with Crippen LogP contribution in [0.3, 0.4) is 0 Å². The first-order valence-electron chi connectivity index (χ1n) is 8.23. The van der Waals surface area contributed by atoms with Gasteiger partial charge in [0.05, 0.1) is 17.7 Å². The first-order valence-corrected chi connectivity index (χ1v) is 8.23. The average molecular weight is 321 g/mol. The standard InChI is InChI=1S/C18H16N4O2/c23-18(21-4-1-5-21)15-9-16-17(20-15)22(6-7-24-16)14-3-2-12-10-19-11-13(12)8-14/h2-3,8-11H,1,4-7H2/p+1. The fraction of sp³-hybridized carbons (Fsp3) is 0.278. The Morgan fingerprint density at radius 1 is 1.12 bits per heavy atom. The van der Waals surface area contributed by atoms with Gasteiger partial charge in [0.15, 0.2) is 11.6 Å². The zero-order valence-corrected chi connectivity index (χ0v) is 13.2. The SMILES string of the molecule is O=C(c1cc2c([nH]1)N(c1ccc3c(c1)C=[N+]=C3)CCO2)N1CCC1. The van der Waals surface area contributed by atoms with Crippen LogP contribution in [0.4, 0.5) is 11.5 Å². The van der Waals surface area contributed by atoms with E-state index in [1.165, 1.54) is 0 Å². The van der Waals surface area contributed by atoms with Crippen molar-refractivity contribution < 1.29 is 9.53 Å².